The van der Waals surface area contributed by atoms with E-state index < -0.39 is 0 Å². The van der Waals surface area contributed by atoms with Gasteiger partial charge in [0.25, 0.3) is 5.91 Å². The standard InChI is InChI=1S/C26H32N2O4/c1-31-23-14-10-18(16-24(23)32-2)9-13-22-8-3-4-15-28(22)26(30)20-6-5-7-21(17-20)27-25(29)19-11-12-19/h5-7,10,14,16-17,19,22H,3-4,8-9,11-13,15H2,1-2H3,(H,27,29). The monoisotopic (exact) mass is 436 g/mol. The van der Waals surface area contributed by atoms with Gasteiger partial charge in [0.2, 0.25) is 5.91 Å². The summed E-state index contributed by atoms with van der Waals surface area (Å²) in [4.78, 5) is 27.5. The summed E-state index contributed by atoms with van der Waals surface area (Å²) in [6.45, 7) is 0.772. The lowest BCUT2D eigenvalue weighted by atomic mass is 9.95. The van der Waals surface area contributed by atoms with Crippen LogP contribution >= 0.6 is 0 Å². The summed E-state index contributed by atoms with van der Waals surface area (Å²) in [5.74, 6) is 1.69. The van der Waals surface area contributed by atoms with Crippen LogP contribution in [0.1, 0.15) is 54.4 Å². The largest absolute Gasteiger partial charge is 0.493 e. The highest BCUT2D eigenvalue weighted by Gasteiger charge is 2.30. The molecule has 1 N–H and O–H groups in total. The average molecular weight is 437 g/mol. The maximum absolute atomic E-state index is 13.4. The van der Waals surface area contributed by atoms with Crippen LogP contribution in [0.25, 0.3) is 0 Å². The Kier molecular flexibility index (Phi) is 6.98. The van der Waals surface area contributed by atoms with E-state index in [0.29, 0.717) is 11.3 Å². The van der Waals surface area contributed by atoms with E-state index in [1.54, 1.807) is 14.2 Å². The first kappa shape index (κ1) is 22.2. The molecule has 1 aliphatic heterocycles. The van der Waals surface area contributed by atoms with Gasteiger partial charge in [-0.2, -0.15) is 0 Å². The van der Waals surface area contributed by atoms with Gasteiger partial charge in [-0.25, -0.2) is 0 Å². The average Bonchev–Trinajstić information content (AvgIpc) is 3.68. The number of carbonyl (C=O) groups excluding carboxylic acids is 2. The molecule has 4 rings (SSSR count). The van der Waals surface area contributed by atoms with Crippen molar-refractivity contribution in [2.45, 2.75) is 51.0 Å². The van der Waals surface area contributed by atoms with E-state index in [1.807, 2.05) is 41.3 Å². The Morgan fingerprint density at radius 1 is 1.00 bits per heavy atom. The fraction of sp³-hybridized carbons (Fsp3) is 0.462. The van der Waals surface area contributed by atoms with Crippen molar-refractivity contribution in [3.8, 4) is 11.5 Å². The molecule has 2 aromatic rings. The van der Waals surface area contributed by atoms with Gasteiger partial charge in [-0.15, -0.1) is 0 Å². The third kappa shape index (κ3) is 5.23. The normalized spacial score (nSPS) is 18.2. The molecule has 1 atom stereocenters. The number of methoxy groups -OCH3 is 2. The van der Waals surface area contributed by atoms with Crippen LogP contribution in [0.5, 0.6) is 11.5 Å². The molecule has 6 heteroatoms. The lowest BCUT2D eigenvalue weighted by Gasteiger charge is -2.36. The molecule has 32 heavy (non-hydrogen) atoms. The predicted octanol–water partition coefficient (Wildman–Crippen LogP) is 4.68. The van der Waals surface area contributed by atoms with Crippen molar-refractivity contribution in [3.05, 3.63) is 53.6 Å². The number of nitrogens with zero attached hydrogens (tertiary/aromatic N) is 1. The Labute approximate surface area is 189 Å². The highest BCUT2D eigenvalue weighted by Crippen LogP contribution is 2.31. The van der Waals surface area contributed by atoms with Crippen molar-refractivity contribution in [1.82, 2.24) is 4.90 Å². The third-order valence-corrected chi connectivity index (χ3v) is 6.43. The molecule has 0 spiro atoms. The Bertz CT molecular complexity index is 970. The van der Waals surface area contributed by atoms with E-state index in [-0.39, 0.29) is 23.8 Å². The number of hydrogen-bond acceptors (Lipinski definition) is 4. The third-order valence-electron chi connectivity index (χ3n) is 6.43. The summed E-state index contributed by atoms with van der Waals surface area (Å²) in [5, 5.41) is 2.95. The van der Waals surface area contributed by atoms with Gasteiger partial charge < -0.3 is 19.7 Å². The first-order valence-corrected chi connectivity index (χ1v) is 11.5. The van der Waals surface area contributed by atoms with Crippen molar-refractivity contribution in [3.63, 3.8) is 0 Å². The highest BCUT2D eigenvalue weighted by molar-refractivity contribution is 5.98. The van der Waals surface area contributed by atoms with Crippen molar-refractivity contribution in [2.24, 2.45) is 5.92 Å². The lowest BCUT2D eigenvalue weighted by Crippen LogP contribution is -2.44. The van der Waals surface area contributed by atoms with E-state index in [9.17, 15) is 9.59 Å². The number of aryl methyl sites for hydroxylation is 1. The van der Waals surface area contributed by atoms with Gasteiger partial charge in [0.05, 0.1) is 14.2 Å². The zero-order chi connectivity index (χ0) is 22.5. The second-order valence-corrected chi connectivity index (χ2v) is 8.72. The van der Waals surface area contributed by atoms with E-state index in [1.165, 1.54) is 5.56 Å². The summed E-state index contributed by atoms with van der Waals surface area (Å²) in [6, 6.07) is 13.5. The zero-order valence-electron chi connectivity index (χ0n) is 18.9. The Balaban J connectivity index is 1.42. The van der Waals surface area contributed by atoms with Gasteiger partial charge in [-0.1, -0.05) is 12.1 Å². The minimum absolute atomic E-state index is 0.0459. The predicted molar refractivity (Wildman–Crippen MR) is 124 cm³/mol. The van der Waals surface area contributed by atoms with Crippen LogP contribution in [-0.4, -0.2) is 43.5 Å². The molecule has 1 saturated carbocycles. The van der Waals surface area contributed by atoms with Crippen LogP contribution < -0.4 is 14.8 Å². The molecule has 1 saturated heterocycles. The number of nitrogens with one attached hydrogen (secondary N) is 1. The molecule has 170 valence electrons. The van der Waals surface area contributed by atoms with Crippen molar-refractivity contribution < 1.29 is 19.1 Å². The molecule has 2 fully saturated rings. The first-order chi connectivity index (χ1) is 15.6. The van der Waals surface area contributed by atoms with Gasteiger partial charge >= 0.3 is 0 Å². The van der Waals surface area contributed by atoms with Crippen molar-refractivity contribution in [2.75, 3.05) is 26.1 Å². The zero-order valence-corrected chi connectivity index (χ0v) is 18.9. The second kappa shape index (κ2) is 10.1. The first-order valence-electron chi connectivity index (χ1n) is 11.5. The number of amides is 2. The van der Waals surface area contributed by atoms with Gasteiger partial charge in [0, 0.05) is 29.8 Å². The molecule has 0 radical (unpaired) electrons. The quantitative estimate of drug-likeness (QED) is 0.652. The molecule has 1 unspecified atom stereocenters. The number of likely N-dealkylation sites (tertiary alicyclic amines) is 1. The van der Waals surface area contributed by atoms with E-state index >= 15 is 0 Å². The van der Waals surface area contributed by atoms with Crippen LogP contribution in [0, 0.1) is 5.92 Å². The number of carbonyl (C=O) groups is 2. The van der Waals surface area contributed by atoms with Gasteiger partial charge in [-0.3, -0.25) is 9.59 Å². The van der Waals surface area contributed by atoms with Crippen molar-refractivity contribution >= 4 is 17.5 Å². The van der Waals surface area contributed by atoms with Crippen molar-refractivity contribution in [1.29, 1.82) is 0 Å². The Morgan fingerprint density at radius 2 is 1.81 bits per heavy atom. The fourth-order valence-corrected chi connectivity index (χ4v) is 4.42. The summed E-state index contributed by atoms with van der Waals surface area (Å²) < 4.78 is 10.8. The maximum atomic E-state index is 13.4. The molecular formula is C26H32N2O4. The van der Waals surface area contributed by atoms with Crippen LogP contribution in [0.15, 0.2) is 42.5 Å². The number of piperidine rings is 1. The minimum Gasteiger partial charge on any atom is -0.493 e. The molecule has 0 bridgehead atoms. The molecule has 0 aromatic heterocycles. The summed E-state index contributed by atoms with van der Waals surface area (Å²) in [7, 11) is 3.28. The summed E-state index contributed by atoms with van der Waals surface area (Å²) in [6.07, 6.45) is 6.86. The molecule has 1 heterocycles. The molecule has 2 aliphatic rings. The van der Waals surface area contributed by atoms with Gasteiger partial charge in [0.15, 0.2) is 11.5 Å². The number of benzene rings is 2. The Hall–Kier alpha value is -3.02. The van der Waals surface area contributed by atoms with Crippen LogP contribution in [0.3, 0.4) is 0 Å². The maximum Gasteiger partial charge on any atom is 0.254 e. The van der Waals surface area contributed by atoms with E-state index in [4.69, 9.17) is 9.47 Å². The SMILES string of the molecule is COc1ccc(CCC2CCCCN2C(=O)c2cccc(NC(=O)C3CC3)c2)cc1OC. The van der Waals surface area contributed by atoms with E-state index in [2.05, 4.69) is 11.4 Å². The van der Waals surface area contributed by atoms with Crippen LogP contribution in [0.2, 0.25) is 0 Å². The number of anilines is 1. The number of hydrogen-bond donors (Lipinski definition) is 1. The van der Waals surface area contributed by atoms with Crippen LogP contribution in [0.4, 0.5) is 5.69 Å². The topological polar surface area (TPSA) is 67.9 Å². The van der Waals surface area contributed by atoms with Crippen LogP contribution in [-0.2, 0) is 11.2 Å². The molecule has 1 aliphatic carbocycles. The number of rotatable bonds is 8. The second-order valence-electron chi connectivity index (χ2n) is 8.72. The van der Waals surface area contributed by atoms with Gasteiger partial charge in [-0.05, 0) is 80.8 Å². The molecule has 6 nitrogen and oxygen atoms in total. The summed E-state index contributed by atoms with van der Waals surface area (Å²) in [5.41, 5.74) is 2.51. The minimum atomic E-state index is 0.0459. The lowest BCUT2D eigenvalue weighted by molar-refractivity contribution is -0.117. The smallest absolute Gasteiger partial charge is 0.254 e. The molecule has 2 aromatic carbocycles. The highest BCUT2D eigenvalue weighted by atomic mass is 16.5. The molecule has 2 amide bonds. The molecular weight excluding hydrogens is 404 g/mol. The van der Waals surface area contributed by atoms with E-state index in [0.717, 1.165) is 63.0 Å². The number of ether oxygens (including phenoxy) is 2. The summed E-state index contributed by atoms with van der Waals surface area (Å²) >= 11 is 0. The van der Waals surface area contributed by atoms with Gasteiger partial charge in [0.1, 0.15) is 0 Å². The Morgan fingerprint density at radius 3 is 2.56 bits per heavy atom. The fourth-order valence-electron chi connectivity index (χ4n) is 4.42.